The van der Waals surface area contributed by atoms with Gasteiger partial charge in [0.15, 0.2) is 0 Å². The van der Waals surface area contributed by atoms with E-state index in [9.17, 15) is 9.59 Å². The summed E-state index contributed by atoms with van der Waals surface area (Å²) in [5.41, 5.74) is 1.59. The summed E-state index contributed by atoms with van der Waals surface area (Å²) in [6.45, 7) is 0. The molecule has 0 saturated heterocycles. The topological polar surface area (TPSA) is 74.3 Å². The number of pyridine rings is 1. The van der Waals surface area contributed by atoms with Gasteiger partial charge in [-0.25, -0.2) is 9.78 Å². The van der Waals surface area contributed by atoms with Crippen LogP contribution in [0.25, 0.3) is 0 Å². The highest BCUT2D eigenvalue weighted by Crippen LogP contribution is 2.25. The molecular formula is C10H16N4O2. The molecule has 1 aliphatic heterocycles. The Labute approximate surface area is 95.6 Å². The van der Waals surface area contributed by atoms with Crippen molar-refractivity contribution in [3.05, 3.63) is 17.8 Å². The van der Waals surface area contributed by atoms with Crippen molar-refractivity contribution in [2.45, 2.75) is 6.42 Å². The van der Waals surface area contributed by atoms with Gasteiger partial charge in [0.05, 0.1) is 18.3 Å². The molecule has 16 heavy (non-hydrogen) atoms. The molecule has 1 aromatic heterocycles. The lowest BCUT2D eigenvalue weighted by molar-refractivity contribution is -0.115. The molecule has 1 aromatic rings. The van der Waals surface area contributed by atoms with Crippen LogP contribution in [0.4, 0.5) is 16.3 Å². The van der Waals surface area contributed by atoms with Crippen LogP contribution < -0.4 is 15.5 Å². The van der Waals surface area contributed by atoms with E-state index >= 15 is 0 Å². The van der Waals surface area contributed by atoms with Crippen molar-refractivity contribution in [2.24, 2.45) is 0 Å². The van der Waals surface area contributed by atoms with Crippen molar-refractivity contribution < 1.29 is 12.4 Å². The third-order valence-electron chi connectivity index (χ3n) is 2.46. The number of carbonyl (C=O) groups excluding carboxylic acids is 2. The average molecular weight is 224 g/mol. The van der Waals surface area contributed by atoms with Gasteiger partial charge in [-0.15, -0.1) is 0 Å². The molecule has 0 spiro atoms. The Morgan fingerprint density at radius 3 is 3.12 bits per heavy atom. The Balaban J connectivity index is 0.00000144. The fourth-order valence-electron chi connectivity index (χ4n) is 1.57. The molecule has 0 atom stereocenters. The summed E-state index contributed by atoms with van der Waals surface area (Å²) < 4.78 is 0. The van der Waals surface area contributed by atoms with Gasteiger partial charge in [-0.2, -0.15) is 0 Å². The Morgan fingerprint density at radius 1 is 1.69 bits per heavy atom. The minimum absolute atomic E-state index is 0. The van der Waals surface area contributed by atoms with E-state index in [1.54, 1.807) is 26.4 Å². The Hall–Kier alpha value is -2.11. The van der Waals surface area contributed by atoms with Crippen molar-refractivity contribution in [3.8, 4) is 0 Å². The van der Waals surface area contributed by atoms with Crippen LogP contribution in [0.3, 0.4) is 0 Å². The molecule has 2 N–H and O–H groups in total. The fourth-order valence-corrected chi connectivity index (χ4v) is 1.57. The lowest BCUT2D eigenvalue weighted by Crippen LogP contribution is -2.35. The number of nitrogens with one attached hydrogen (secondary N) is 2. The van der Waals surface area contributed by atoms with Crippen LogP contribution in [-0.2, 0) is 11.2 Å². The molecule has 0 saturated carbocycles. The summed E-state index contributed by atoms with van der Waals surface area (Å²) >= 11 is 0. The van der Waals surface area contributed by atoms with Crippen LogP contribution in [0.1, 0.15) is 8.42 Å². The maximum absolute atomic E-state index is 11.4. The number of fused-ring (bicyclic) bond motifs is 1. The molecule has 0 radical (unpaired) electrons. The summed E-state index contributed by atoms with van der Waals surface area (Å²) in [6, 6.07) is 1.49. The molecule has 0 bridgehead atoms. The zero-order valence-corrected chi connectivity index (χ0v) is 9.07. The smallest absolute Gasteiger partial charge is 0.322 e. The normalized spacial score (nSPS) is 13.0. The summed E-state index contributed by atoms with van der Waals surface area (Å²) in [6.07, 6.45) is 1.90. The Bertz CT molecular complexity index is 467. The van der Waals surface area contributed by atoms with Crippen LogP contribution >= 0.6 is 0 Å². The molecular weight excluding hydrogens is 208 g/mol. The molecule has 3 amide bonds. The van der Waals surface area contributed by atoms with Crippen molar-refractivity contribution in [1.29, 1.82) is 0 Å². The van der Waals surface area contributed by atoms with Crippen LogP contribution in [0.15, 0.2) is 12.3 Å². The van der Waals surface area contributed by atoms with Crippen LogP contribution in [0.5, 0.6) is 0 Å². The van der Waals surface area contributed by atoms with Crippen molar-refractivity contribution in [2.75, 3.05) is 24.3 Å². The first-order valence-corrected chi connectivity index (χ1v) is 4.86. The number of carbonyl (C=O) groups is 2. The summed E-state index contributed by atoms with van der Waals surface area (Å²) in [7, 11) is 3.18. The molecule has 0 aliphatic carbocycles. The van der Waals surface area contributed by atoms with Gasteiger partial charge in [0.25, 0.3) is 0 Å². The second-order valence-electron chi connectivity index (χ2n) is 3.54. The molecule has 6 heteroatoms. The van der Waals surface area contributed by atoms with Gasteiger partial charge in [0, 0.05) is 16.9 Å². The predicted octanol–water partition coefficient (Wildman–Crippen LogP) is 0.844. The quantitative estimate of drug-likeness (QED) is 0.742. The molecule has 2 heterocycles. The van der Waals surface area contributed by atoms with E-state index in [-0.39, 0.29) is 14.8 Å². The van der Waals surface area contributed by atoms with Crippen molar-refractivity contribution in [1.82, 2.24) is 10.3 Å². The number of urea groups is 1. The van der Waals surface area contributed by atoms with Crippen LogP contribution in [0, 0.1) is 0 Å². The van der Waals surface area contributed by atoms with Gasteiger partial charge in [-0.1, -0.05) is 0 Å². The predicted molar refractivity (Wildman–Crippen MR) is 63.7 cm³/mol. The van der Waals surface area contributed by atoms with Crippen molar-refractivity contribution in [3.63, 3.8) is 0 Å². The van der Waals surface area contributed by atoms with Gasteiger partial charge in [-0.3, -0.25) is 9.69 Å². The third kappa shape index (κ3) is 1.69. The van der Waals surface area contributed by atoms with E-state index < -0.39 is 0 Å². The number of rotatable bonds is 1. The zero-order chi connectivity index (χ0) is 11.7. The third-order valence-corrected chi connectivity index (χ3v) is 2.46. The van der Waals surface area contributed by atoms with Gasteiger partial charge in [-0.05, 0) is 11.6 Å². The molecule has 0 fully saturated rings. The van der Waals surface area contributed by atoms with Gasteiger partial charge < -0.3 is 10.6 Å². The molecule has 1 aliphatic rings. The lowest BCUT2D eigenvalue weighted by atomic mass is 10.2. The highest BCUT2D eigenvalue weighted by molar-refractivity contribution is 5.99. The number of amides is 3. The Kier molecular flexibility index (Phi) is 2.47. The SMILES string of the molecule is CNC(=O)N(C)c1cc2c(cn1)NC(=O)C2.[HH].[HH]. The highest BCUT2D eigenvalue weighted by Gasteiger charge is 2.20. The van der Waals surface area contributed by atoms with Crippen molar-refractivity contribution >= 4 is 23.4 Å². The summed E-state index contributed by atoms with van der Waals surface area (Å²) in [4.78, 5) is 28.0. The summed E-state index contributed by atoms with van der Waals surface area (Å²) in [5.74, 6) is 0.478. The van der Waals surface area contributed by atoms with Crippen LogP contribution in [0.2, 0.25) is 0 Å². The molecule has 2 rings (SSSR count). The summed E-state index contributed by atoms with van der Waals surface area (Å²) in [5, 5.41) is 5.19. The van der Waals surface area contributed by atoms with E-state index in [2.05, 4.69) is 15.6 Å². The number of hydrogen-bond acceptors (Lipinski definition) is 3. The maximum atomic E-state index is 11.4. The van der Waals surface area contributed by atoms with Crippen LogP contribution in [-0.4, -0.2) is 31.0 Å². The molecule has 0 aromatic carbocycles. The van der Waals surface area contributed by atoms with Gasteiger partial charge >= 0.3 is 6.03 Å². The number of anilines is 2. The first-order valence-electron chi connectivity index (χ1n) is 4.86. The Morgan fingerprint density at radius 2 is 2.44 bits per heavy atom. The van der Waals surface area contributed by atoms with Gasteiger partial charge in [0.1, 0.15) is 5.82 Å². The monoisotopic (exact) mass is 224 g/mol. The first-order chi connectivity index (χ1) is 7.61. The standard InChI is InChI=1S/C10H12N4O2.2H2/c1-11-10(16)14(2)8-3-6-4-9(15)13-7(6)5-12-8;;/h3,5H,4H2,1-2H3,(H,11,16)(H,13,15);2*1H. The zero-order valence-electron chi connectivity index (χ0n) is 9.07. The largest absolute Gasteiger partial charge is 0.341 e. The highest BCUT2D eigenvalue weighted by atomic mass is 16.2. The second kappa shape index (κ2) is 3.80. The average Bonchev–Trinajstić information content (AvgIpc) is 2.65. The fraction of sp³-hybridized carbons (Fsp3) is 0.300. The lowest BCUT2D eigenvalue weighted by Gasteiger charge is -2.15. The van der Waals surface area contributed by atoms with E-state index in [1.807, 2.05) is 0 Å². The maximum Gasteiger partial charge on any atom is 0.322 e. The molecule has 0 unspecified atom stereocenters. The molecule has 88 valence electrons. The second-order valence-corrected chi connectivity index (χ2v) is 3.54. The minimum atomic E-state index is -0.246. The van der Waals surface area contributed by atoms with E-state index in [0.717, 1.165) is 11.3 Å². The van der Waals surface area contributed by atoms with E-state index in [0.29, 0.717) is 12.2 Å². The van der Waals surface area contributed by atoms with E-state index in [1.165, 1.54) is 4.90 Å². The number of aromatic nitrogens is 1. The minimum Gasteiger partial charge on any atom is -0.341 e. The van der Waals surface area contributed by atoms with Gasteiger partial charge in [0.2, 0.25) is 5.91 Å². The number of hydrogen-bond donors (Lipinski definition) is 2. The van der Waals surface area contributed by atoms with E-state index in [4.69, 9.17) is 0 Å². The number of nitrogens with zero attached hydrogens (tertiary/aromatic N) is 2. The molecule has 6 nitrogen and oxygen atoms in total. The first kappa shape index (κ1) is 10.4.